The molecule has 3 rings (SSSR count). The van der Waals surface area contributed by atoms with Gasteiger partial charge in [0.25, 0.3) is 0 Å². The van der Waals surface area contributed by atoms with Gasteiger partial charge in [-0.05, 0) is 63.4 Å². The van der Waals surface area contributed by atoms with Crippen LogP contribution in [0, 0.1) is 5.92 Å². The van der Waals surface area contributed by atoms with Crippen molar-refractivity contribution in [3.8, 4) is 5.75 Å². The van der Waals surface area contributed by atoms with Gasteiger partial charge in [-0.25, -0.2) is 0 Å². The van der Waals surface area contributed by atoms with E-state index in [0.717, 1.165) is 43.8 Å². The third kappa shape index (κ3) is 6.05. The lowest BCUT2D eigenvalue weighted by Gasteiger charge is -2.39. The van der Waals surface area contributed by atoms with E-state index in [-0.39, 0.29) is 0 Å². The molecule has 28 heavy (non-hydrogen) atoms. The number of nitrogens with one attached hydrogen (secondary N) is 1. The van der Waals surface area contributed by atoms with E-state index in [1.165, 1.54) is 37.2 Å². The lowest BCUT2D eigenvalue weighted by Crippen LogP contribution is -2.52. The van der Waals surface area contributed by atoms with Gasteiger partial charge in [0.15, 0.2) is 5.96 Å². The van der Waals surface area contributed by atoms with E-state index < -0.39 is 0 Å². The monoisotopic (exact) mass is 404 g/mol. The zero-order valence-corrected chi connectivity index (χ0v) is 18.7. The molecule has 6 heteroatoms. The Morgan fingerprint density at radius 3 is 2.54 bits per heavy atom. The maximum Gasteiger partial charge on any atom is 0.193 e. The fourth-order valence-corrected chi connectivity index (χ4v) is 5.21. The summed E-state index contributed by atoms with van der Waals surface area (Å²) < 4.78 is 5.56. The van der Waals surface area contributed by atoms with E-state index in [1.54, 1.807) is 7.11 Å². The van der Waals surface area contributed by atoms with Crippen molar-refractivity contribution in [2.24, 2.45) is 10.9 Å². The number of benzene rings is 1. The van der Waals surface area contributed by atoms with Gasteiger partial charge in [0.05, 0.1) is 7.11 Å². The molecule has 2 aliphatic rings. The fourth-order valence-electron chi connectivity index (χ4n) is 4.10. The molecule has 0 bridgehead atoms. The number of hydrogen-bond acceptors (Lipinski definition) is 4. The van der Waals surface area contributed by atoms with Crippen molar-refractivity contribution in [3.63, 3.8) is 0 Å². The number of guanidine groups is 1. The molecule has 0 saturated carbocycles. The summed E-state index contributed by atoms with van der Waals surface area (Å²) in [5.41, 5.74) is 1.36. The van der Waals surface area contributed by atoms with Gasteiger partial charge in [0.1, 0.15) is 5.75 Å². The average Bonchev–Trinajstić information content (AvgIpc) is 2.69. The van der Waals surface area contributed by atoms with Gasteiger partial charge in [0, 0.05) is 43.7 Å². The zero-order chi connectivity index (χ0) is 20.0. The molecular formula is C22H36N4OS. The zero-order valence-electron chi connectivity index (χ0n) is 17.9. The van der Waals surface area contributed by atoms with Crippen LogP contribution >= 0.6 is 11.8 Å². The van der Waals surface area contributed by atoms with Gasteiger partial charge >= 0.3 is 0 Å². The first kappa shape index (κ1) is 21.3. The van der Waals surface area contributed by atoms with Crippen LogP contribution in [0.3, 0.4) is 0 Å². The first-order chi connectivity index (χ1) is 13.5. The maximum atomic E-state index is 5.25. The van der Waals surface area contributed by atoms with Gasteiger partial charge in [-0.3, -0.25) is 9.89 Å². The van der Waals surface area contributed by atoms with E-state index in [2.05, 4.69) is 70.0 Å². The molecule has 1 N–H and O–H groups in total. The molecule has 0 unspecified atom stereocenters. The number of aliphatic imine (C=N–C) groups is 1. The summed E-state index contributed by atoms with van der Waals surface area (Å²) in [5.74, 6) is 3.92. The van der Waals surface area contributed by atoms with Gasteiger partial charge in [-0.2, -0.15) is 11.8 Å². The summed E-state index contributed by atoms with van der Waals surface area (Å²) in [7, 11) is 3.63. The van der Waals surface area contributed by atoms with Crippen molar-refractivity contribution in [1.82, 2.24) is 15.1 Å². The Labute approximate surface area is 174 Å². The number of piperidine rings is 1. The van der Waals surface area contributed by atoms with Crippen LogP contribution in [0.4, 0.5) is 0 Å². The number of hydrogen-bond donors (Lipinski definition) is 1. The largest absolute Gasteiger partial charge is 0.497 e. The third-order valence-corrected chi connectivity index (χ3v) is 7.06. The van der Waals surface area contributed by atoms with Crippen LogP contribution in [0.2, 0.25) is 0 Å². The fraction of sp³-hybridized carbons (Fsp3) is 0.682. The SMILES string of the molecule is CN=C(NCC1CCN(Cc2ccc(OC)cc2)CC1)N1CCSC(C)(C)C1. The summed E-state index contributed by atoms with van der Waals surface area (Å²) in [6.45, 7) is 11.2. The van der Waals surface area contributed by atoms with E-state index >= 15 is 0 Å². The number of thioether (sulfide) groups is 1. The topological polar surface area (TPSA) is 40.1 Å². The van der Waals surface area contributed by atoms with Crippen LogP contribution < -0.4 is 10.1 Å². The van der Waals surface area contributed by atoms with Gasteiger partial charge in [-0.15, -0.1) is 0 Å². The molecule has 0 amide bonds. The smallest absolute Gasteiger partial charge is 0.193 e. The molecule has 5 nitrogen and oxygen atoms in total. The van der Waals surface area contributed by atoms with Crippen molar-refractivity contribution >= 4 is 17.7 Å². The molecule has 0 radical (unpaired) electrons. The molecule has 2 saturated heterocycles. The second kappa shape index (κ2) is 9.88. The molecule has 0 atom stereocenters. The van der Waals surface area contributed by atoms with Crippen LogP contribution in [0.5, 0.6) is 5.75 Å². The molecule has 0 spiro atoms. The molecular weight excluding hydrogens is 368 g/mol. The van der Waals surface area contributed by atoms with Crippen molar-refractivity contribution in [2.45, 2.75) is 38.0 Å². The van der Waals surface area contributed by atoms with Gasteiger partial charge in [-0.1, -0.05) is 12.1 Å². The van der Waals surface area contributed by atoms with Crippen LogP contribution in [0.25, 0.3) is 0 Å². The number of likely N-dealkylation sites (tertiary alicyclic amines) is 1. The molecule has 156 valence electrons. The predicted molar refractivity (Wildman–Crippen MR) is 120 cm³/mol. The van der Waals surface area contributed by atoms with Crippen molar-refractivity contribution in [1.29, 1.82) is 0 Å². The number of ether oxygens (including phenoxy) is 1. The van der Waals surface area contributed by atoms with Gasteiger partial charge < -0.3 is 15.0 Å². The lowest BCUT2D eigenvalue weighted by molar-refractivity contribution is 0.177. The maximum absolute atomic E-state index is 5.25. The van der Waals surface area contributed by atoms with Crippen molar-refractivity contribution in [2.75, 3.05) is 52.6 Å². The Morgan fingerprint density at radius 2 is 1.93 bits per heavy atom. The molecule has 1 aromatic rings. The summed E-state index contributed by atoms with van der Waals surface area (Å²) in [6, 6.07) is 8.46. The Bertz CT molecular complexity index is 638. The van der Waals surface area contributed by atoms with E-state index in [1.807, 2.05) is 7.05 Å². The standard InChI is InChI=1S/C22H36N4OS/c1-22(2)17-26(13-14-28-22)21(23-3)24-15-18-9-11-25(12-10-18)16-19-5-7-20(27-4)8-6-19/h5-8,18H,9-17H2,1-4H3,(H,23,24). The summed E-state index contributed by atoms with van der Waals surface area (Å²) in [4.78, 5) is 9.54. The summed E-state index contributed by atoms with van der Waals surface area (Å²) in [6.07, 6.45) is 2.50. The molecule has 0 aliphatic carbocycles. The highest BCUT2D eigenvalue weighted by Crippen LogP contribution is 2.29. The van der Waals surface area contributed by atoms with Gasteiger partial charge in [0.2, 0.25) is 0 Å². The van der Waals surface area contributed by atoms with E-state index in [0.29, 0.717) is 4.75 Å². The van der Waals surface area contributed by atoms with Crippen LogP contribution in [0.1, 0.15) is 32.3 Å². The summed E-state index contributed by atoms with van der Waals surface area (Å²) in [5, 5.41) is 3.66. The predicted octanol–water partition coefficient (Wildman–Crippen LogP) is 3.31. The highest BCUT2D eigenvalue weighted by atomic mass is 32.2. The molecule has 1 aromatic carbocycles. The highest BCUT2D eigenvalue weighted by Gasteiger charge is 2.29. The minimum absolute atomic E-state index is 0.308. The Kier molecular flexibility index (Phi) is 7.52. The minimum atomic E-state index is 0.308. The number of nitrogens with zero attached hydrogens (tertiary/aromatic N) is 3. The first-order valence-corrected chi connectivity index (χ1v) is 11.4. The lowest BCUT2D eigenvalue weighted by atomic mass is 9.96. The highest BCUT2D eigenvalue weighted by molar-refractivity contribution is 8.00. The average molecular weight is 405 g/mol. The minimum Gasteiger partial charge on any atom is -0.497 e. The second-order valence-electron chi connectivity index (χ2n) is 8.53. The Balaban J connectivity index is 1.41. The van der Waals surface area contributed by atoms with Crippen molar-refractivity contribution in [3.05, 3.63) is 29.8 Å². The van der Waals surface area contributed by atoms with E-state index in [4.69, 9.17) is 4.74 Å². The van der Waals surface area contributed by atoms with Crippen LogP contribution in [0.15, 0.2) is 29.3 Å². The van der Waals surface area contributed by atoms with Crippen LogP contribution in [-0.4, -0.2) is 73.1 Å². The Hall–Kier alpha value is -1.40. The quantitative estimate of drug-likeness (QED) is 0.602. The van der Waals surface area contributed by atoms with Crippen molar-refractivity contribution < 1.29 is 4.74 Å². The molecule has 2 heterocycles. The van der Waals surface area contributed by atoms with E-state index in [9.17, 15) is 0 Å². The molecule has 2 aliphatic heterocycles. The number of methoxy groups -OCH3 is 1. The second-order valence-corrected chi connectivity index (χ2v) is 10.3. The summed E-state index contributed by atoms with van der Waals surface area (Å²) >= 11 is 2.06. The first-order valence-electron chi connectivity index (χ1n) is 10.4. The number of rotatable bonds is 5. The Morgan fingerprint density at radius 1 is 1.21 bits per heavy atom. The normalized spacial score (nSPS) is 21.6. The van der Waals surface area contributed by atoms with Crippen LogP contribution in [-0.2, 0) is 6.54 Å². The third-order valence-electron chi connectivity index (χ3n) is 5.76. The molecule has 0 aromatic heterocycles. The molecule has 2 fully saturated rings.